The second kappa shape index (κ2) is 5.50. The average Bonchev–Trinajstić information content (AvgIpc) is 3.08. The van der Waals surface area contributed by atoms with Crippen molar-refractivity contribution in [3.05, 3.63) is 22.4 Å². The molecular weight excluding hydrogens is 338 g/mol. The minimum atomic E-state index is -1.03. The van der Waals surface area contributed by atoms with Crippen molar-refractivity contribution in [2.75, 3.05) is 0 Å². The highest BCUT2D eigenvalue weighted by molar-refractivity contribution is 8.01. The van der Waals surface area contributed by atoms with Crippen LogP contribution in [0.4, 0.5) is 0 Å². The maximum absolute atomic E-state index is 12.3. The van der Waals surface area contributed by atoms with Crippen LogP contribution in [-0.4, -0.2) is 50.0 Å². The Bertz CT molecular complexity index is 661. The Balaban J connectivity index is 1.71. The van der Waals surface area contributed by atoms with Crippen molar-refractivity contribution in [1.29, 1.82) is 0 Å². The lowest BCUT2D eigenvalue weighted by atomic mass is 9.96. The average molecular weight is 355 g/mol. The fourth-order valence-corrected chi connectivity index (χ4v) is 5.34. The van der Waals surface area contributed by atoms with Gasteiger partial charge in [-0.15, -0.1) is 23.1 Å². The van der Waals surface area contributed by atoms with E-state index in [2.05, 4.69) is 5.32 Å². The number of nitrogens with two attached hydrogens (primary N) is 1. The first-order chi connectivity index (χ1) is 10.7. The van der Waals surface area contributed by atoms with Crippen molar-refractivity contribution in [2.24, 2.45) is 5.73 Å². The number of rotatable bonds is 4. The van der Waals surface area contributed by atoms with Crippen LogP contribution < -0.4 is 11.1 Å². The predicted octanol–water partition coefficient (Wildman–Crippen LogP) is 0.380. The molecule has 4 atom stereocenters. The monoisotopic (exact) mass is 355 g/mol. The Morgan fingerprint density at radius 3 is 2.74 bits per heavy atom. The molecule has 0 aliphatic carbocycles. The number of carboxylic acids is 1. The number of hydrogen-bond acceptors (Lipinski definition) is 6. The van der Waals surface area contributed by atoms with Gasteiger partial charge in [0.05, 0.1) is 0 Å². The van der Waals surface area contributed by atoms with Gasteiger partial charge in [-0.05, 0) is 25.3 Å². The molecule has 3 rings (SSSR count). The molecule has 2 unspecified atom stereocenters. The summed E-state index contributed by atoms with van der Waals surface area (Å²) in [4.78, 5) is 38.0. The van der Waals surface area contributed by atoms with E-state index in [1.165, 1.54) is 28.0 Å². The Kier molecular flexibility index (Phi) is 3.89. The molecule has 23 heavy (non-hydrogen) atoms. The van der Waals surface area contributed by atoms with Gasteiger partial charge in [0.2, 0.25) is 11.8 Å². The fourth-order valence-electron chi connectivity index (χ4n) is 2.99. The number of nitrogens with one attached hydrogen (secondary N) is 1. The zero-order valence-corrected chi connectivity index (χ0v) is 14.2. The molecule has 2 saturated heterocycles. The largest absolute Gasteiger partial charge is 0.480 e. The predicted molar refractivity (Wildman–Crippen MR) is 86.9 cm³/mol. The molecule has 2 aliphatic rings. The highest BCUT2D eigenvalue weighted by Crippen LogP contribution is 2.50. The van der Waals surface area contributed by atoms with Crippen molar-refractivity contribution < 1.29 is 19.5 Å². The second-order valence-corrected chi connectivity index (χ2v) is 8.83. The number of carboxylic acid groups (broad SMARTS) is 1. The van der Waals surface area contributed by atoms with Gasteiger partial charge < -0.3 is 21.1 Å². The third-order valence-corrected chi connectivity index (χ3v) is 6.63. The van der Waals surface area contributed by atoms with Crippen LogP contribution >= 0.6 is 23.1 Å². The number of β-lactam (4-membered cyclic amide) rings is 1. The van der Waals surface area contributed by atoms with Crippen LogP contribution in [0, 0.1) is 0 Å². The molecule has 2 fully saturated rings. The summed E-state index contributed by atoms with van der Waals surface area (Å²) in [7, 11) is 0. The van der Waals surface area contributed by atoms with E-state index in [0.717, 1.165) is 0 Å². The van der Waals surface area contributed by atoms with Crippen LogP contribution in [0.5, 0.6) is 0 Å². The summed E-state index contributed by atoms with van der Waals surface area (Å²) in [5.74, 6) is -1.83. The Morgan fingerprint density at radius 1 is 1.48 bits per heavy atom. The number of carbonyl (C=O) groups excluding carboxylic acids is 2. The van der Waals surface area contributed by atoms with Gasteiger partial charge in [-0.25, -0.2) is 4.79 Å². The number of carbonyl (C=O) groups is 3. The third kappa shape index (κ3) is 2.52. The van der Waals surface area contributed by atoms with Crippen molar-refractivity contribution in [2.45, 2.75) is 42.1 Å². The van der Waals surface area contributed by atoms with Crippen LogP contribution in [0.15, 0.2) is 17.5 Å². The van der Waals surface area contributed by atoms with E-state index in [4.69, 9.17) is 5.73 Å². The summed E-state index contributed by atoms with van der Waals surface area (Å²) in [6, 6.07) is 1.13. The van der Waals surface area contributed by atoms with Gasteiger partial charge in [-0.3, -0.25) is 9.59 Å². The number of thiophene rings is 1. The van der Waals surface area contributed by atoms with Crippen molar-refractivity contribution in [3.8, 4) is 0 Å². The first-order valence-electron chi connectivity index (χ1n) is 7.06. The summed E-state index contributed by atoms with van der Waals surface area (Å²) < 4.78 is -0.610. The zero-order chi connectivity index (χ0) is 16.9. The topological polar surface area (TPSA) is 113 Å². The molecular formula is C14H17N3O4S2. The van der Waals surface area contributed by atoms with E-state index in [0.29, 0.717) is 4.88 Å². The minimum Gasteiger partial charge on any atom is -0.480 e. The Morgan fingerprint density at radius 2 is 2.17 bits per heavy atom. The standard InChI is InChI=1S/C14H17N3O4S2/c1-14(2)9(13(20)21)17-11(19)8(12(17)23-14)16-10(18)7(15)6-4-3-5-22-6/h3-5,7-9,12H,15H2,1-2H3,(H,16,18)(H,20,21)/t7?,8?,9-,12+/m0/s1. The van der Waals surface area contributed by atoms with Crippen LogP contribution in [0.1, 0.15) is 24.8 Å². The lowest BCUT2D eigenvalue weighted by molar-refractivity contribution is -0.161. The molecule has 0 radical (unpaired) electrons. The van der Waals surface area contributed by atoms with Gasteiger partial charge >= 0.3 is 5.97 Å². The highest BCUT2D eigenvalue weighted by atomic mass is 32.2. The van der Waals surface area contributed by atoms with Crippen molar-refractivity contribution >= 4 is 40.9 Å². The number of aliphatic carboxylic acids is 1. The zero-order valence-electron chi connectivity index (χ0n) is 12.6. The molecule has 7 nitrogen and oxygen atoms in total. The van der Waals surface area contributed by atoms with Gasteiger partial charge in [0.15, 0.2) is 0 Å². The summed E-state index contributed by atoms with van der Waals surface area (Å²) >= 11 is 2.76. The van der Waals surface area contributed by atoms with E-state index in [1.807, 2.05) is 5.38 Å². The van der Waals surface area contributed by atoms with Crippen molar-refractivity contribution in [1.82, 2.24) is 10.2 Å². The summed E-state index contributed by atoms with van der Waals surface area (Å²) in [5, 5.41) is 13.5. The molecule has 0 aromatic carbocycles. The van der Waals surface area contributed by atoms with E-state index in [-0.39, 0.29) is 11.3 Å². The summed E-state index contributed by atoms with van der Waals surface area (Å²) in [6.07, 6.45) is 0. The van der Waals surface area contributed by atoms with Gasteiger partial charge in [0.1, 0.15) is 23.5 Å². The van der Waals surface area contributed by atoms with Gasteiger partial charge in [-0.1, -0.05) is 6.07 Å². The normalized spacial score (nSPS) is 29.6. The molecule has 3 heterocycles. The number of fused-ring (bicyclic) bond motifs is 1. The first-order valence-corrected chi connectivity index (χ1v) is 8.82. The molecule has 9 heteroatoms. The number of amides is 2. The van der Waals surface area contributed by atoms with Crippen LogP contribution in [0.2, 0.25) is 0 Å². The number of hydrogen-bond donors (Lipinski definition) is 3. The lowest BCUT2D eigenvalue weighted by Gasteiger charge is -2.43. The van der Waals surface area contributed by atoms with E-state index in [9.17, 15) is 19.5 Å². The van der Waals surface area contributed by atoms with Crippen molar-refractivity contribution in [3.63, 3.8) is 0 Å². The van der Waals surface area contributed by atoms with Crippen LogP contribution in [0.25, 0.3) is 0 Å². The highest BCUT2D eigenvalue weighted by Gasteiger charge is 2.64. The molecule has 2 aliphatic heterocycles. The summed E-state index contributed by atoms with van der Waals surface area (Å²) in [5.41, 5.74) is 5.89. The molecule has 2 amide bonds. The second-order valence-electron chi connectivity index (χ2n) is 6.08. The van der Waals surface area contributed by atoms with Gasteiger partial charge in [0, 0.05) is 9.62 Å². The maximum atomic E-state index is 12.3. The molecule has 124 valence electrons. The van der Waals surface area contributed by atoms with E-state index in [1.54, 1.807) is 26.0 Å². The van der Waals surface area contributed by atoms with Crippen LogP contribution in [-0.2, 0) is 14.4 Å². The Labute approximate surface area is 141 Å². The minimum absolute atomic E-state index is 0.363. The summed E-state index contributed by atoms with van der Waals surface area (Å²) in [6.45, 7) is 3.58. The number of nitrogens with zero attached hydrogens (tertiary/aromatic N) is 1. The fraction of sp³-hybridized carbons (Fsp3) is 0.500. The van der Waals surface area contributed by atoms with Crippen LogP contribution in [0.3, 0.4) is 0 Å². The Hall–Kier alpha value is -1.58. The van der Waals surface area contributed by atoms with E-state index < -0.39 is 34.7 Å². The first kappa shape index (κ1) is 16.3. The molecule has 1 aromatic rings. The molecule has 0 saturated carbocycles. The third-order valence-electron chi connectivity index (χ3n) is 4.10. The molecule has 0 spiro atoms. The molecule has 1 aromatic heterocycles. The quantitative estimate of drug-likeness (QED) is 0.673. The number of thioether (sulfide) groups is 1. The molecule has 4 N–H and O–H groups in total. The SMILES string of the molecule is CC1(C)S[C@@H]2C(NC(=O)C(N)c3cccs3)C(=O)N2[C@H]1C(=O)O. The van der Waals surface area contributed by atoms with Gasteiger partial charge in [0.25, 0.3) is 0 Å². The maximum Gasteiger partial charge on any atom is 0.327 e. The van der Waals surface area contributed by atoms with Gasteiger partial charge in [-0.2, -0.15) is 0 Å². The molecule has 0 bridgehead atoms. The smallest absolute Gasteiger partial charge is 0.327 e. The lowest BCUT2D eigenvalue weighted by Crippen LogP contribution is -2.71. The van der Waals surface area contributed by atoms with E-state index >= 15 is 0 Å².